The van der Waals surface area contributed by atoms with Crippen LogP contribution in [0.1, 0.15) is 47.7 Å². The highest BCUT2D eigenvalue weighted by Crippen LogP contribution is 2.40. The molecule has 0 unspecified atom stereocenters. The lowest BCUT2D eigenvalue weighted by Crippen LogP contribution is -2.38. The summed E-state index contributed by atoms with van der Waals surface area (Å²) in [5, 5.41) is 0.911. The van der Waals surface area contributed by atoms with Crippen LogP contribution < -0.4 is 0 Å². The monoisotopic (exact) mass is 294 g/mol. The standard InChI is InChI=1S/C18H18N2O2/c21-13-7-9-20(10-8-13)18(22)15-11-17(12-5-6-12)19-16-4-2-1-3-14(15)16/h1-4,11-12H,5-10H2. The molecular formula is C18H18N2O2. The summed E-state index contributed by atoms with van der Waals surface area (Å²) in [6.07, 6.45) is 3.28. The fraction of sp³-hybridized carbons (Fsp3) is 0.389. The average molecular weight is 294 g/mol. The van der Waals surface area contributed by atoms with Crippen molar-refractivity contribution < 1.29 is 9.59 Å². The molecular weight excluding hydrogens is 276 g/mol. The Labute approximate surface area is 129 Å². The number of benzene rings is 1. The Morgan fingerprint density at radius 1 is 1.14 bits per heavy atom. The highest BCUT2D eigenvalue weighted by atomic mass is 16.2. The Morgan fingerprint density at radius 2 is 1.86 bits per heavy atom. The molecule has 2 heterocycles. The van der Waals surface area contributed by atoms with Crippen molar-refractivity contribution in [3.8, 4) is 0 Å². The minimum atomic E-state index is 0.0352. The SMILES string of the molecule is O=C1CCN(C(=O)c2cc(C3CC3)nc3ccccc23)CC1. The van der Waals surface area contributed by atoms with E-state index in [0.29, 0.717) is 31.8 Å². The molecule has 0 atom stereocenters. The maximum Gasteiger partial charge on any atom is 0.254 e. The lowest BCUT2D eigenvalue weighted by atomic mass is 10.0. The molecule has 1 aliphatic carbocycles. The van der Waals surface area contributed by atoms with Gasteiger partial charge in [-0.1, -0.05) is 18.2 Å². The summed E-state index contributed by atoms with van der Waals surface area (Å²) >= 11 is 0. The fourth-order valence-electron chi connectivity index (χ4n) is 3.09. The molecule has 0 N–H and O–H groups in total. The molecule has 1 aliphatic heterocycles. The summed E-state index contributed by atoms with van der Waals surface area (Å²) < 4.78 is 0. The van der Waals surface area contributed by atoms with Crippen LogP contribution in [0.3, 0.4) is 0 Å². The number of piperidine rings is 1. The Hall–Kier alpha value is -2.23. The van der Waals surface area contributed by atoms with Crippen molar-refractivity contribution in [1.29, 1.82) is 0 Å². The van der Waals surface area contributed by atoms with Crippen molar-refractivity contribution >= 4 is 22.6 Å². The predicted octanol–water partition coefficient (Wildman–Crippen LogP) is 2.92. The zero-order valence-corrected chi connectivity index (χ0v) is 12.4. The molecule has 0 spiro atoms. The van der Waals surface area contributed by atoms with Crippen molar-refractivity contribution in [2.24, 2.45) is 0 Å². The molecule has 4 heteroatoms. The third kappa shape index (κ3) is 2.39. The van der Waals surface area contributed by atoms with Gasteiger partial charge in [-0.05, 0) is 25.0 Å². The third-order valence-corrected chi connectivity index (χ3v) is 4.57. The molecule has 112 valence electrons. The van der Waals surface area contributed by atoms with Gasteiger partial charge in [-0.15, -0.1) is 0 Å². The highest BCUT2D eigenvalue weighted by Gasteiger charge is 2.28. The summed E-state index contributed by atoms with van der Waals surface area (Å²) in [5.74, 6) is 0.800. The molecule has 0 radical (unpaired) electrons. The largest absolute Gasteiger partial charge is 0.338 e. The molecule has 1 saturated heterocycles. The average Bonchev–Trinajstić information content (AvgIpc) is 3.39. The van der Waals surface area contributed by atoms with E-state index in [1.807, 2.05) is 30.3 Å². The van der Waals surface area contributed by atoms with Crippen molar-refractivity contribution in [3.05, 3.63) is 41.6 Å². The van der Waals surface area contributed by atoms with Crippen LogP contribution in [0.4, 0.5) is 0 Å². The molecule has 1 aromatic heterocycles. The fourth-order valence-corrected chi connectivity index (χ4v) is 3.09. The maximum atomic E-state index is 12.9. The predicted molar refractivity (Wildman–Crippen MR) is 83.9 cm³/mol. The first-order valence-electron chi connectivity index (χ1n) is 7.93. The minimum absolute atomic E-state index is 0.0352. The molecule has 4 nitrogen and oxygen atoms in total. The van der Waals surface area contributed by atoms with Crippen molar-refractivity contribution in [2.75, 3.05) is 13.1 Å². The third-order valence-electron chi connectivity index (χ3n) is 4.57. The number of likely N-dealkylation sites (tertiary alicyclic amines) is 1. The normalized spacial score (nSPS) is 18.7. The quantitative estimate of drug-likeness (QED) is 0.855. The number of aromatic nitrogens is 1. The van der Waals surface area contributed by atoms with Gasteiger partial charge in [-0.3, -0.25) is 14.6 Å². The number of fused-ring (bicyclic) bond motifs is 1. The van der Waals surface area contributed by atoms with E-state index in [1.165, 1.54) is 0 Å². The van der Waals surface area contributed by atoms with Gasteiger partial charge in [0, 0.05) is 42.9 Å². The molecule has 4 rings (SSSR count). The van der Waals surface area contributed by atoms with Crippen LogP contribution in [0.15, 0.2) is 30.3 Å². The van der Waals surface area contributed by atoms with Gasteiger partial charge in [0.2, 0.25) is 0 Å². The van der Waals surface area contributed by atoms with Crippen molar-refractivity contribution in [3.63, 3.8) is 0 Å². The van der Waals surface area contributed by atoms with Crippen LogP contribution in [0.5, 0.6) is 0 Å². The van der Waals surface area contributed by atoms with Gasteiger partial charge in [0.05, 0.1) is 11.1 Å². The molecule has 1 saturated carbocycles. The molecule has 1 aromatic carbocycles. The maximum absolute atomic E-state index is 12.9. The number of para-hydroxylation sites is 1. The number of carbonyl (C=O) groups excluding carboxylic acids is 2. The van der Waals surface area contributed by atoms with E-state index in [-0.39, 0.29) is 11.7 Å². The summed E-state index contributed by atoms with van der Waals surface area (Å²) in [6, 6.07) is 9.80. The Balaban J connectivity index is 1.75. The van der Waals surface area contributed by atoms with Crippen LogP contribution in [0, 0.1) is 0 Å². The van der Waals surface area contributed by atoms with Gasteiger partial charge in [0.1, 0.15) is 5.78 Å². The molecule has 0 bridgehead atoms. The van der Waals surface area contributed by atoms with Gasteiger partial charge < -0.3 is 4.90 Å². The number of pyridine rings is 1. The van der Waals surface area contributed by atoms with Crippen molar-refractivity contribution in [1.82, 2.24) is 9.88 Å². The smallest absolute Gasteiger partial charge is 0.254 e. The van der Waals surface area contributed by atoms with Crippen LogP contribution in [-0.4, -0.2) is 34.7 Å². The molecule has 2 fully saturated rings. The van der Waals surface area contributed by atoms with Gasteiger partial charge in [-0.2, -0.15) is 0 Å². The molecule has 2 aromatic rings. The second-order valence-corrected chi connectivity index (χ2v) is 6.22. The summed E-state index contributed by atoms with van der Waals surface area (Å²) in [7, 11) is 0. The number of amides is 1. The second-order valence-electron chi connectivity index (χ2n) is 6.22. The van der Waals surface area contributed by atoms with E-state index in [0.717, 1.165) is 35.0 Å². The summed E-state index contributed by atoms with van der Waals surface area (Å²) in [6.45, 7) is 1.07. The highest BCUT2D eigenvalue weighted by molar-refractivity contribution is 6.06. The lowest BCUT2D eigenvalue weighted by Gasteiger charge is -2.26. The molecule has 22 heavy (non-hydrogen) atoms. The number of carbonyl (C=O) groups is 2. The van der Waals surface area contributed by atoms with E-state index in [1.54, 1.807) is 4.90 Å². The van der Waals surface area contributed by atoms with E-state index < -0.39 is 0 Å². The Morgan fingerprint density at radius 3 is 2.59 bits per heavy atom. The van der Waals surface area contributed by atoms with E-state index >= 15 is 0 Å². The zero-order valence-electron chi connectivity index (χ0n) is 12.4. The second kappa shape index (κ2) is 5.20. The van der Waals surface area contributed by atoms with Crippen molar-refractivity contribution in [2.45, 2.75) is 31.6 Å². The first-order chi connectivity index (χ1) is 10.7. The summed E-state index contributed by atoms with van der Waals surface area (Å²) in [5.41, 5.74) is 2.67. The number of hydrogen-bond donors (Lipinski definition) is 0. The molecule has 1 amide bonds. The number of rotatable bonds is 2. The lowest BCUT2D eigenvalue weighted by molar-refractivity contribution is -0.120. The zero-order chi connectivity index (χ0) is 15.1. The Bertz CT molecular complexity index is 755. The van der Waals surface area contributed by atoms with Gasteiger partial charge in [0.25, 0.3) is 5.91 Å². The van der Waals surface area contributed by atoms with Crippen LogP contribution >= 0.6 is 0 Å². The first-order valence-corrected chi connectivity index (χ1v) is 7.93. The van der Waals surface area contributed by atoms with Gasteiger partial charge >= 0.3 is 0 Å². The number of hydrogen-bond acceptors (Lipinski definition) is 3. The summed E-state index contributed by atoms with van der Waals surface area (Å²) in [4.78, 5) is 30.8. The van der Waals surface area contributed by atoms with E-state index in [4.69, 9.17) is 4.98 Å². The first kappa shape index (κ1) is 13.4. The number of nitrogens with zero attached hydrogens (tertiary/aromatic N) is 2. The van der Waals surface area contributed by atoms with Gasteiger partial charge in [-0.25, -0.2) is 0 Å². The van der Waals surface area contributed by atoms with E-state index in [2.05, 4.69) is 0 Å². The van der Waals surface area contributed by atoms with E-state index in [9.17, 15) is 9.59 Å². The Kier molecular flexibility index (Phi) is 3.17. The van der Waals surface area contributed by atoms with Crippen LogP contribution in [0.25, 0.3) is 10.9 Å². The number of Topliss-reactive ketones (excluding diaryl/α,β-unsaturated/α-hetero) is 1. The van der Waals surface area contributed by atoms with Crippen LogP contribution in [0.2, 0.25) is 0 Å². The minimum Gasteiger partial charge on any atom is -0.338 e. The molecule has 2 aliphatic rings. The van der Waals surface area contributed by atoms with Gasteiger partial charge in [0.15, 0.2) is 0 Å². The topological polar surface area (TPSA) is 50.3 Å². The van der Waals surface area contributed by atoms with Crippen LogP contribution in [-0.2, 0) is 4.79 Å². The number of ketones is 1.